The summed E-state index contributed by atoms with van der Waals surface area (Å²) in [4.78, 5) is 30.7. The van der Waals surface area contributed by atoms with E-state index in [-0.39, 0.29) is 22.6 Å². The molecule has 0 bridgehead atoms. The molecule has 0 saturated heterocycles. The summed E-state index contributed by atoms with van der Waals surface area (Å²) in [5, 5.41) is 2.32. The van der Waals surface area contributed by atoms with Gasteiger partial charge in [-0.15, -0.1) is 0 Å². The zero-order valence-electron chi connectivity index (χ0n) is 15.8. The fourth-order valence-electron chi connectivity index (χ4n) is 2.48. The smallest absolute Gasteiger partial charge is 0.311 e. The van der Waals surface area contributed by atoms with Crippen molar-refractivity contribution < 1.29 is 32.0 Å². The van der Waals surface area contributed by atoms with Gasteiger partial charge in [-0.25, -0.2) is 10.5 Å². The van der Waals surface area contributed by atoms with Crippen molar-refractivity contribution in [2.45, 2.75) is 38.7 Å². The van der Waals surface area contributed by atoms with E-state index in [1.165, 1.54) is 49.7 Å². The molecule has 1 aromatic carbocycles. The summed E-state index contributed by atoms with van der Waals surface area (Å²) in [6, 6.07) is 9.42. The van der Waals surface area contributed by atoms with E-state index in [1.807, 2.05) is 0 Å². The number of carbonyl (C=O) groups excluding carboxylic acids is 2. The first kappa shape index (κ1) is 22.3. The van der Waals surface area contributed by atoms with Gasteiger partial charge < -0.3 is 5.32 Å². The quantitative estimate of drug-likeness (QED) is 0.530. The molecule has 2 rings (SSSR count). The summed E-state index contributed by atoms with van der Waals surface area (Å²) < 4.78 is 57.4. The van der Waals surface area contributed by atoms with Gasteiger partial charge in [0.2, 0.25) is 5.91 Å². The first-order valence-corrected chi connectivity index (χ1v) is 8.49. The number of alkyl halides is 4. The summed E-state index contributed by atoms with van der Waals surface area (Å²) in [6.45, 7) is 3.54. The molecule has 0 aliphatic carbocycles. The van der Waals surface area contributed by atoms with E-state index in [0.29, 0.717) is 0 Å². The predicted molar refractivity (Wildman–Crippen MR) is 96.6 cm³/mol. The van der Waals surface area contributed by atoms with Gasteiger partial charge in [-0.1, -0.05) is 25.1 Å². The Kier molecular flexibility index (Phi) is 6.58. The number of aryl methyl sites for hydroxylation is 1. The summed E-state index contributed by atoms with van der Waals surface area (Å²) >= 11 is 0. The van der Waals surface area contributed by atoms with Crippen LogP contribution in [0.3, 0.4) is 0 Å². The van der Waals surface area contributed by atoms with Crippen molar-refractivity contribution in [3.8, 4) is 0 Å². The maximum Gasteiger partial charge on any atom is 0.440 e. The lowest BCUT2D eigenvalue weighted by atomic mass is 9.93. The SMILES string of the molecule is CC(=O)Nc1cc(C(C)C(F)(F)C(F)(F)ONC(=O)c2ccccc2)cc(C)n1. The van der Waals surface area contributed by atoms with E-state index >= 15 is 0 Å². The molecule has 0 saturated carbocycles. The van der Waals surface area contributed by atoms with Crippen LogP contribution >= 0.6 is 0 Å². The van der Waals surface area contributed by atoms with Crippen LogP contribution in [0.2, 0.25) is 0 Å². The number of nitrogens with zero attached hydrogens (tertiary/aromatic N) is 1. The first-order valence-electron chi connectivity index (χ1n) is 8.49. The third-order valence-corrected chi connectivity index (χ3v) is 4.02. The second-order valence-electron chi connectivity index (χ2n) is 6.37. The van der Waals surface area contributed by atoms with Crippen LogP contribution in [0.25, 0.3) is 0 Å². The number of pyridine rings is 1. The number of hydrogen-bond donors (Lipinski definition) is 2. The van der Waals surface area contributed by atoms with Crippen LogP contribution in [-0.2, 0) is 9.63 Å². The second kappa shape index (κ2) is 8.56. The molecule has 0 radical (unpaired) electrons. The average Bonchev–Trinajstić information content (AvgIpc) is 2.65. The molecule has 10 heteroatoms. The number of nitrogens with one attached hydrogen (secondary N) is 2. The van der Waals surface area contributed by atoms with Crippen LogP contribution in [-0.4, -0.2) is 28.8 Å². The molecule has 1 atom stereocenters. The van der Waals surface area contributed by atoms with Crippen LogP contribution in [0.5, 0.6) is 0 Å². The van der Waals surface area contributed by atoms with Crippen LogP contribution in [0, 0.1) is 6.92 Å². The summed E-state index contributed by atoms with van der Waals surface area (Å²) in [5.41, 5.74) is 1.38. The molecular weight excluding hydrogens is 394 g/mol. The number of carbonyl (C=O) groups is 2. The molecule has 29 heavy (non-hydrogen) atoms. The van der Waals surface area contributed by atoms with E-state index in [2.05, 4.69) is 15.1 Å². The molecule has 6 nitrogen and oxygen atoms in total. The van der Waals surface area contributed by atoms with Crippen molar-refractivity contribution in [2.24, 2.45) is 0 Å². The van der Waals surface area contributed by atoms with Gasteiger partial charge in [0.25, 0.3) is 5.91 Å². The Morgan fingerprint density at radius 2 is 1.72 bits per heavy atom. The minimum Gasteiger partial charge on any atom is -0.311 e. The van der Waals surface area contributed by atoms with Gasteiger partial charge in [-0.3, -0.25) is 9.59 Å². The average molecular weight is 413 g/mol. The molecule has 0 spiro atoms. The number of hydroxylamine groups is 1. The second-order valence-corrected chi connectivity index (χ2v) is 6.37. The largest absolute Gasteiger partial charge is 0.440 e. The molecule has 1 aromatic heterocycles. The van der Waals surface area contributed by atoms with Crippen LogP contribution < -0.4 is 10.8 Å². The van der Waals surface area contributed by atoms with Gasteiger partial charge in [0.1, 0.15) is 5.82 Å². The number of rotatable bonds is 7. The molecule has 0 aliphatic heterocycles. The Bertz CT molecular complexity index is 892. The third-order valence-electron chi connectivity index (χ3n) is 4.02. The zero-order valence-corrected chi connectivity index (χ0v) is 15.8. The van der Waals surface area contributed by atoms with Crippen molar-refractivity contribution in [1.29, 1.82) is 0 Å². The van der Waals surface area contributed by atoms with Gasteiger partial charge in [-0.05, 0) is 36.8 Å². The molecule has 1 heterocycles. The first-order chi connectivity index (χ1) is 13.4. The predicted octanol–water partition coefficient (Wildman–Crippen LogP) is 4.04. The summed E-state index contributed by atoms with van der Waals surface area (Å²) in [7, 11) is 0. The highest BCUT2D eigenvalue weighted by Crippen LogP contribution is 2.45. The minimum atomic E-state index is -5.01. The van der Waals surface area contributed by atoms with Crippen LogP contribution in [0.4, 0.5) is 23.4 Å². The number of hydrogen-bond acceptors (Lipinski definition) is 4. The molecule has 156 valence electrons. The number of benzene rings is 1. The lowest BCUT2D eigenvalue weighted by molar-refractivity contribution is -0.367. The molecule has 2 aromatic rings. The fourth-order valence-corrected chi connectivity index (χ4v) is 2.48. The van der Waals surface area contributed by atoms with Crippen LogP contribution in [0.15, 0.2) is 42.5 Å². The van der Waals surface area contributed by atoms with Gasteiger partial charge in [0, 0.05) is 18.2 Å². The highest BCUT2D eigenvalue weighted by Gasteiger charge is 2.62. The Morgan fingerprint density at radius 1 is 1.10 bits per heavy atom. The Hall–Kier alpha value is -3.01. The molecule has 2 N–H and O–H groups in total. The normalized spacial score (nSPS) is 12.9. The van der Waals surface area contributed by atoms with E-state index in [9.17, 15) is 27.2 Å². The van der Waals surface area contributed by atoms with E-state index < -0.39 is 29.8 Å². The number of anilines is 1. The Balaban J connectivity index is 2.19. The van der Waals surface area contributed by atoms with Gasteiger partial charge in [0.15, 0.2) is 0 Å². The van der Waals surface area contributed by atoms with Crippen molar-refractivity contribution in [3.63, 3.8) is 0 Å². The summed E-state index contributed by atoms with van der Waals surface area (Å²) in [5.74, 6) is -8.36. The van der Waals surface area contributed by atoms with Crippen molar-refractivity contribution in [2.75, 3.05) is 5.32 Å². The van der Waals surface area contributed by atoms with Crippen molar-refractivity contribution in [3.05, 3.63) is 59.3 Å². The minimum absolute atomic E-state index is 0.0376. The monoisotopic (exact) mass is 413 g/mol. The lowest BCUT2D eigenvalue weighted by Crippen LogP contribution is -2.50. The third kappa shape index (κ3) is 5.29. The standard InChI is InChI=1S/C19H19F4N3O3/c1-11-9-15(10-16(24-11)25-13(3)27)12(2)18(20,21)19(22,23)29-26-17(28)14-7-5-4-6-8-14/h4-10,12H,1-3H3,(H,26,28)(H,24,25,27). The van der Waals surface area contributed by atoms with Gasteiger partial charge >= 0.3 is 12.0 Å². The molecule has 0 aliphatic rings. The van der Waals surface area contributed by atoms with Gasteiger partial charge in [-0.2, -0.15) is 22.4 Å². The molecule has 1 unspecified atom stereocenters. The molecule has 2 amide bonds. The maximum atomic E-state index is 14.5. The number of halogens is 4. The fraction of sp³-hybridized carbons (Fsp3) is 0.316. The summed E-state index contributed by atoms with van der Waals surface area (Å²) in [6.07, 6.45) is -5.01. The van der Waals surface area contributed by atoms with Gasteiger partial charge in [0.05, 0.1) is 5.92 Å². The molecule has 0 fully saturated rings. The van der Waals surface area contributed by atoms with Crippen molar-refractivity contribution in [1.82, 2.24) is 10.5 Å². The highest BCUT2D eigenvalue weighted by atomic mass is 19.3. The number of amides is 2. The topological polar surface area (TPSA) is 80.3 Å². The lowest BCUT2D eigenvalue weighted by Gasteiger charge is -2.30. The number of aromatic nitrogens is 1. The van der Waals surface area contributed by atoms with Crippen LogP contribution in [0.1, 0.15) is 41.4 Å². The molecular formula is C19H19F4N3O3. The highest BCUT2D eigenvalue weighted by molar-refractivity contribution is 5.93. The van der Waals surface area contributed by atoms with E-state index in [0.717, 1.165) is 13.0 Å². The Labute approximate surface area is 164 Å². The van der Waals surface area contributed by atoms with E-state index in [1.54, 1.807) is 6.07 Å². The zero-order chi connectivity index (χ0) is 21.8. The van der Waals surface area contributed by atoms with E-state index in [4.69, 9.17) is 0 Å². The maximum absolute atomic E-state index is 14.5. The van der Waals surface area contributed by atoms with Crippen molar-refractivity contribution >= 4 is 17.6 Å². The Morgan fingerprint density at radius 3 is 2.31 bits per heavy atom.